The summed E-state index contributed by atoms with van der Waals surface area (Å²) in [5, 5.41) is 22.1. The van der Waals surface area contributed by atoms with Crippen LogP contribution in [0.1, 0.15) is 60.1 Å². The van der Waals surface area contributed by atoms with Crippen molar-refractivity contribution < 1.29 is 37.7 Å². The third kappa shape index (κ3) is 9.50. The Morgan fingerprint density at radius 1 is 0.588 bits per heavy atom. The van der Waals surface area contributed by atoms with Crippen molar-refractivity contribution in [2.75, 3.05) is 12.5 Å². The van der Waals surface area contributed by atoms with Crippen LogP contribution in [0.2, 0.25) is 0 Å². The summed E-state index contributed by atoms with van der Waals surface area (Å²) < 4.78 is 50.3. The van der Waals surface area contributed by atoms with Crippen molar-refractivity contribution in [3.05, 3.63) is 141 Å². The van der Waals surface area contributed by atoms with Crippen LogP contribution in [-0.2, 0) is 31.9 Å². The van der Waals surface area contributed by atoms with Gasteiger partial charge in [0.2, 0.25) is 0 Å². The van der Waals surface area contributed by atoms with E-state index < -0.39 is 45.9 Å². The van der Waals surface area contributed by atoms with Crippen LogP contribution in [0.25, 0.3) is 34.4 Å². The molecule has 11 heteroatoms. The third-order valence-electron chi connectivity index (χ3n) is 8.60. The van der Waals surface area contributed by atoms with Crippen LogP contribution in [0.15, 0.2) is 106 Å². The predicted molar refractivity (Wildman–Crippen MR) is 196 cm³/mol. The maximum absolute atomic E-state index is 13.6. The number of benzene rings is 4. The van der Waals surface area contributed by atoms with Crippen molar-refractivity contribution in [2.45, 2.75) is 36.5 Å². The van der Waals surface area contributed by atoms with Gasteiger partial charge in [-0.15, -0.1) is 0 Å². The van der Waals surface area contributed by atoms with Crippen LogP contribution in [0.4, 0.5) is 8.78 Å². The van der Waals surface area contributed by atoms with Gasteiger partial charge in [-0.3, -0.25) is 0 Å². The molecule has 2 atom stereocenters. The summed E-state index contributed by atoms with van der Waals surface area (Å²) in [7, 11) is 0. The Morgan fingerprint density at radius 3 is 1.22 bits per heavy atom. The van der Waals surface area contributed by atoms with Crippen molar-refractivity contribution in [1.29, 1.82) is 0 Å². The molecule has 6 nitrogen and oxygen atoms in total. The SMILES string of the molecule is CC1=C(CC(=O)[O-])c2cc(F)ccc2/C1=C/c1ccc([S+](C)[O-])cc1.CC1=C(CC(=O)[O-])c2cc(F)ccc2/C1=C/c1ccc([S+](C)[O-])cc1.[Ca+2]. The number of carbonyl (C=O) groups is 2. The van der Waals surface area contributed by atoms with Crippen molar-refractivity contribution in [1.82, 2.24) is 0 Å². The van der Waals surface area contributed by atoms with Crippen LogP contribution < -0.4 is 10.2 Å². The number of fused-ring (bicyclic) bond motifs is 2. The molecule has 6 rings (SSSR count). The number of allylic oxidation sites excluding steroid dienone is 4. The summed E-state index contributed by atoms with van der Waals surface area (Å²) in [6.07, 6.45) is 6.58. The number of hydrogen-bond donors (Lipinski definition) is 0. The largest absolute Gasteiger partial charge is 2.00 e. The van der Waals surface area contributed by atoms with Crippen molar-refractivity contribution in [2.24, 2.45) is 0 Å². The fraction of sp³-hybridized carbons (Fsp3) is 0.150. The Labute approximate surface area is 331 Å². The topological polar surface area (TPSA) is 126 Å². The van der Waals surface area contributed by atoms with E-state index in [2.05, 4.69) is 0 Å². The molecule has 0 aliphatic heterocycles. The van der Waals surface area contributed by atoms with Gasteiger partial charge in [-0.1, -0.05) is 12.1 Å². The smallest absolute Gasteiger partial charge is 0.612 e. The first-order valence-corrected chi connectivity index (χ1v) is 18.6. The van der Waals surface area contributed by atoms with Gasteiger partial charge in [-0.05, 0) is 188 Å². The van der Waals surface area contributed by atoms with Gasteiger partial charge < -0.3 is 28.9 Å². The molecule has 0 saturated heterocycles. The van der Waals surface area contributed by atoms with E-state index in [0.717, 1.165) is 54.3 Å². The summed E-state index contributed by atoms with van der Waals surface area (Å²) in [6, 6.07) is 23.4. The molecule has 256 valence electrons. The van der Waals surface area contributed by atoms with Crippen LogP contribution in [0.5, 0.6) is 0 Å². The minimum absolute atomic E-state index is 0. The predicted octanol–water partition coefficient (Wildman–Crippen LogP) is 5.68. The van der Waals surface area contributed by atoms with E-state index in [1.165, 1.54) is 24.3 Å². The molecule has 51 heavy (non-hydrogen) atoms. The maximum atomic E-state index is 13.6. The van der Waals surface area contributed by atoms with E-state index in [1.54, 1.807) is 48.9 Å². The Hall–Kier alpha value is -3.48. The summed E-state index contributed by atoms with van der Waals surface area (Å²) >= 11 is -2.09. The fourth-order valence-electron chi connectivity index (χ4n) is 6.10. The van der Waals surface area contributed by atoms with Gasteiger partial charge in [0, 0.05) is 24.8 Å². The molecule has 0 amide bonds. The summed E-state index contributed by atoms with van der Waals surface area (Å²) in [4.78, 5) is 23.6. The van der Waals surface area contributed by atoms with Crippen LogP contribution in [0, 0.1) is 11.6 Å². The van der Waals surface area contributed by atoms with Gasteiger partial charge in [-0.2, -0.15) is 0 Å². The molecule has 0 bridgehead atoms. The Bertz CT molecular complexity index is 1950. The van der Waals surface area contributed by atoms with Crippen LogP contribution in [0.3, 0.4) is 0 Å². The second-order valence-electron chi connectivity index (χ2n) is 11.8. The molecule has 2 aliphatic rings. The number of aliphatic carboxylic acids is 2. The Balaban J connectivity index is 0.000000224. The van der Waals surface area contributed by atoms with Gasteiger partial charge in [0.1, 0.15) is 24.1 Å². The van der Waals surface area contributed by atoms with Gasteiger partial charge in [0.25, 0.3) is 0 Å². The van der Waals surface area contributed by atoms with Gasteiger partial charge in [0.15, 0.2) is 9.79 Å². The van der Waals surface area contributed by atoms with Crippen molar-refractivity contribution >= 4 is 106 Å². The second kappa shape index (κ2) is 17.4. The molecule has 2 aliphatic carbocycles. The molecule has 0 fully saturated rings. The van der Waals surface area contributed by atoms with E-state index in [-0.39, 0.29) is 50.6 Å². The zero-order valence-electron chi connectivity index (χ0n) is 28.4. The molecule has 0 radical (unpaired) electrons. The second-order valence-corrected chi connectivity index (χ2v) is 14.6. The number of rotatable bonds is 8. The summed E-state index contributed by atoms with van der Waals surface area (Å²) in [5.41, 5.74) is 9.06. The fourth-order valence-corrected chi connectivity index (χ4v) is 7.13. The van der Waals surface area contributed by atoms with Crippen LogP contribution >= 0.6 is 0 Å². The molecule has 4 aromatic carbocycles. The molecule has 4 aromatic rings. The maximum Gasteiger partial charge on any atom is 2.00 e. The molecule has 0 spiro atoms. The first kappa shape index (κ1) is 40.3. The normalized spacial score (nSPS) is 15.9. The monoisotopic (exact) mass is 750 g/mol. The molecular formula is C40H32CaF2O6S2. The van der Waals surface area contributed by atoms with E-state index in [4.69, 9.17) is 0 Å². The van der Waals surface area contributed by atoms with Crippen molar-refractivity contribution in [3.8, 4) is 0 Å². The van der Waals surface area contributed by atoms with Crippen molar-refractivity contribution in [3.63, 3.8) is 0 Å². The van der Waals surface area contributed by atoms with E-state index in [9.17, 15) is 37.7 Å². The van der Waals surface area contributed by atoms with Gasteiger partial charge in [-0.25, -0.2) is 8.78 Å². The number of hydrogen-bond acceptors (Lipinski definition) is 6. The summed E-state index contributed by atoms with van der Waals surface area (Å²) in [6.45, 7) is 3.66. The molecular weight excluding hydrogens is 719 g/mol. The molecule has 0 N–H and O–H groups in total. The van der Waals surface area contributed by atoms with Crippen LogP contribution in [-0.4, -0.2) is 71.3 Å². The van der Waals surface area contributed by atoms with E-state index >= 15 is 0 Å². The molecule has 0 heterocycles. The number of carboxylic acid groups (broad SMARTS) is 2. The first-order valence-electron chi connectivity index (χ1n) is 15.4. The Kier molecular flexibility index (Phi) is 13.7. The standard InChI is InChI=1S/2C20H17FO3S.Ca/c2*1-12-17(9-13-3-6-15(7-4-13)25(2)24)16-8-5-14(21)10-19(16)18(12)11-20(22)23;/h2*3-10H,11H2,1-2H3,(H,22,23);/q;;+2/p-2/b2*17-9+;. The zero-order chi connectivity index (χ0) is 36.3. The summed E-state index contributed by atoms with van der Waals surface area (Å²) in [5.74, 6) is -3.20. The minimum Gasteiger partial charge on any atom is -0.612 e. The molecule has 0 saturated carbocycles. The van der Waals surface area contributed by atoms with E-state index in [1.807, 2.05) is 50.3 Å². The Morgan fingerprint density at radius 2 is 0.922 bits per heavy atom. The quantitative estimate of drug-likeness (QED) is 0.169. The number of carboxylic acids is 2. The van der Waals surface area contributed by atoms with Gasteiger partial charge in [0.05, 0.1) is 0 Å². The average molecular weight is 751 g/mol. The number of carbonyl (C=O) groups excluding carboxylic acids is 2. The number of halogens is 2. The average Bonchev–Trinajstić information content (AvgIpc) is 3.45. The first-order chi connectivity index (χ1) is 23.7. The molecule has 2 unspecified atom stereocenters. The minimum atomic E-state index is -1.19. The third-order valence-corrected chi connectivity index (χ3v) is 10.5. The van der Waals surface area contributed by atoms with Gasteiger partial charge >= 0.3 is 37.7 Å². The molecule has 0 aromatic heterocycles. The zero-order valence-corrected chi connectivity index (χ0v) is 32.2. The van der Waals surface area contributed by atoms with E-state index in [0.29, 0.717) is 22.3 Å².